The molecule has 0 aliphatic heterocycles. The quantitative estimate of drug-likeness (QED) is 0.602. The molecule has 0 aliphatic rings. The van der Waals surface area contributed by atoms with Crippen LogP contribution in [0.4, 0.5) is 4.39 Å². The normalized spacial score (nSPS) is 11.6. The molecule has 0 bridgehead atoms. The van der Waals surface area contributed by atoms with E-state index in [1.54, 1.807) is 24.4 Å². The number of nitrogens with one attached hydrogen (secondary N) is 1. The monoisotopic (exact) mass is 330 g/mol. The number of nitrogens with two attached hydrogens (primary N) is 1. The maximum Gasteiger partial charge on any atom is 0.224 e. The van der Waals surface area contributed by atoms with Gasteiger partial charge in [-0.1, -0.05) is 26.0 Å². The van der Waals surface area contributed by atoms with Gasteiger partial charge in [0, 0.05) is 24.4 Å². The fourth-order valence-electron chi connectivity index (χ4n) is 1.99. The van der Waals surface area contributed by atoms with Crippen molar-refractivity contribution in [1.29, 1.82) is 0 Å². The number of ether oxygens (including phenoxy) is 1. The summed E-state index contributed by atoms with van der Waals surface area (Å²) in [6.45, 7) is 5.42. The number of hydrogen-bond donors (Lipinski definition) is 2. The van der Waals surface area contributed by atoms with Crippen LogP contribution >= 0.6 is 0 Å². The van der Waals surface area contributed by atoms with E-state index < -0.39 is 0 Å². The molecule has 5 nitrogen and oxygen atoms in total. The van der Waals surface area contributed by atoms with Crippen LogP contribution in [0, 0.1) is 11.7 Å². The number of nitrogens with zero attached hydrogens (tertiary/aromatic N) is 2. The molecule has 0 amide bonds. The Labute approximate surface area is 141 Å². The highest BCUT2D eigenvalue weighted by Gasteiger charge is 2.07. The van der Waals surface area contributed by atoms with Gasteiger partial charge in [-0.2, -0.15) is 0 Å². The lowest BCUT2D eigenvalue weighted by Crippen LogP contribution is -2.32. The maximum absolute atomic E-state index is 13.3. The van der Waals surface area contributed by atoms with Crippen molar-refractivity contribution in [2.24, 2.45) is 16.6 Å². The molecule has 2 rings (SSSR count). The Hall–Kier alpha value is -2.63. The largest absolute Gasteiger partial charge is 0.439 e. The Morgan fingerprint density at radius 1 is 1.33 bits per heavy atom. The van der Waals surface area contributed by atoms with Crippen LogP contribution in [-0.4, -0.2) is 17.5 Å². The van der Waals surface area contributed by atoms with Crippen LogP contribution in [0.15, 0.2) is 47.6 Å². The van der Waals surface area contributed by atoms with Crippen LogP contribution < -0.4 is 15.8 Å². The summed E-state index contributed by atoms with van der Waals surface area (Å²) in [6, 6.07) is 9.58. The zero-order chi connectivity index (χ0) is 17.4. The molecule has 2 aromatic rings. The lowest BCUT2D eigenvalue weighted by Gasteiger charge is -2.10. The molecule has 0 fully saturated rings. The number of guanidine groups is 1. The van der Waals surface area contributed by atoms with Gasteiger partial charge in [0.2, 0.25) is 5.88 Å². The second kappa shape index (κ2) is 8.86. The first-order chi connectivity index (χ1) is 11.5. The van der Waals surface area contributed by atoms with Crippen molar-refractivity contribution in [3.05, 3.63) is 54.0 Å². The Kier molecular flexibility index (Phi) is 6.54. The average Bonchev–Trinajstić information content (AvgIpc) is 2.54. The van der Waals surface area contributed by atoms with Gasteiger partial charge in [-0.15, -0.1) is 0 Å². The van der Waals surface area contributed by atoms with Gasteiger partial charge in [0.05, 0.1) is 6.54 Å². The lowest BCUT2D eigenvalue weighted by atomic mass is 10.1. The first-order valence-corrected chi connectivity index (χ1v) is 7.95. The predicted octanol–water partition coefficient (Wildman–Crippen LogP) is 3.46. The van der Waals surface area contributed by atoms with Gasteiger partial charge in [-0.3, -0.25) is 0 Å². The van der Waals surface area contributed by atoms with Gasteiger partial charge < -0.3 is 15.8 Å². The minimum atomic E-state index is -0.360. The highest BCUT2D eigenvalue weighted by Crippen LogP contribution is 2.23. The van der Waals surface area contributed by atoms with Crippen LogP contribution in [0.5, 0.6) is 11.6 Å². The highest BCUT2D eigenvalue weighted by atomic mass is 19.1. The van der Waals surface area contributed by atoms with Crippen molar-refractivity contribution in [2.75, 3.05) is 6.54 Å². The molecule has 0 spiro atoms. The number of pyridine rings is 1. The molecule has 24 heavy (non-hydrogen) atoms. The summed E-state index contributed by atoms with van der Waals surface area (Å²) in [4.78, 5) is 8.49. The molecule has 6 heteroatoms. The Balaban J connectivity index is 2.00. The molecule has 3 N–H and O–H groups in total. The minimum absolute atomic E-state index is 0.332. The lowest BCUT2D eigenvalue weighted by molar-refractivity contribution is 0.452. The fraction of sp³-hybridized carbons (Fsp3) is 0.333. The van der Waals surface area contributed by atoms with Crippen LogP contribution in [0.25, 0.3) is 0 Å². The van der Waals surface area contributed by atoms with Crippen molar-refractivity contribution >= 4 is 5.96 Å². The van der Waals surface area contributed by atoms with Crippen molar-refractivity contribution in [3.63, 3.8) is 0 Å². The number of halogens is 1. The second-order valence-corrected chi connectivity index (χ2v) is 5.84. The van der Waals surface area contributed by atoms with Crippen LogP contribution in [0.2, 0.25) is 0 Å². The summed E-state index contributed by atoms with van der Waals surface area (Å²) < 4.78 is 18.9. The SMILES string of the molecule is CC(C)CCNC(N)=NCc1cccnc1Oc1cccc(F)c1. The number of aromatic nitrogens is 1. The van der Waals surface area contributed by atoms with Gasteiger partial charge in [-0.05, 0) is 30.5 Å². The zero-order valence-corrected chi connectivity index (χ0v) is 14.0. The summed E-state index contributed by atoms with van der Waals surface area (Å²) in [6.07, 6.45) is 2.64. The molecule has 0 saturated carbocycles. The third-order valence-corrected chi connectivity index (χ3v) is 3.31. The molecule has 1 aromatic heterocycles. The van der Waals surface area contributed by atoms with Gasteiger partial charge in [0.25, 0.3) is 0 Å². The number of aliphatic imine (C=N–C) groups is 1. The summed E-state index contributed by atoms with van der Waals surface area (Å²) in [5, 5.41) is 3.08. The average molecular weight is 330 g/mol. The van der Waals surface area contributed by atoms with Gasteiger partial charge in [0.1, 0.15) is 11.6 Å². The van der Waals surface area contributed by atoms with E-state index in [-0.39, 0.29) is 5.82 Å². The number of benzene rings is 1. The fourth-order valence-corrected chi connectivity index (χ4v) is 1.99. The second-order valence-electron chi connectivity index (χ2n) is 5.84. The summed E-state index contributed by atoms with van der Waals surface area (Å²) >= 11 is 0. The highest BCUT2D eigenvalue weighted by molar-refractivity contribution is 5.77. The smallest absolute Gasteiger partial charge is 0.224 e. The number of hydrogen-bond acceptors (Lipinski definition) is 3. The third kappa shape index (κ3) is 5.87. The summed E-state index contributed by atoms with van der Waals surface area (Å²) in [5.41, 5.74) is 6.63. The first kappa shape index (κ1) is 17.7. The van der Waals surface area contributed by atoms with E-state index in [1.807, 2.05) is 6.07 Å². The van der Waals surface area contributed by atoms with Crippen molar-refractivity contribution < 1.29 is 9.13 Å². The molecular formula is C18H23FN4O. The first-order valence-electron chi connectivity index (χ1n) is 7.95. The van der Waals surface area contributed by atoms with Gasteiger partial charge in [-0.25, -0.2) is 14.4 Å². The topological polar surface area (TPSA) is 72.5 Å². The van der Waals surface area contributed by atoms with Crippen molar-refractivity contribution in [2.45, 2.75) is 26.8 Å². The molecule has 0 saturated heterocycles. The van der Waals surface area contributed by atoms with Crippen LogP contribution in [0.3, 0.4) is 0 Å². The van der Waals surface area contributed by atoms with E-state index in [0.29, 0.717) is 30.1 Å². The molecule has 1 aromatic carbocycles. The van der Waals surface area contributed by atoms with E-state index in [1.165, 1.54) is 12.1 Å². The Morgan fingerprint density at radius 3 is 2.92 bits per heavy atom. The molecule has 0 radical (unpaired) electrons. The predicted molar refractivity (Wildman–Crippen MR) is 93.5 cm³/mol. The number of rotatable bonds is 7. The Bertz CT molecular complexity index is 688. The van der Waals surface area contributed by atoms with Gasteiger partial charge >= 0.3 is 0 Å². The molecule has 128 valence electrons. The van der Waals surface area contributed by atoms with E-state index >= 15 is 0 Å². The maximum atomic E-state index is 13.3. The molecule has 0 atom stereocenters. The summed E-state index contributed by atoms with van der Waals surface area (Å²) in [5.74, 6) is 1.41. The Morgan fingerprint density at radius 2 is 2.17 bits per heavy atom. The summed E-state index contributed by atoms with van der Waals surface area (Å²) in [7, 11) is 0. The molecule has 0 unspecified atom stereocenters. The third-order valence-electron chi connectivity index (χ3n) is 3.31. The standard InChI is InChI=1S/C18H23FN4O/c1-13(2)8-10-22-18(20)23-12-14-5-4-9-21-17(14)24-16-7-3-6-15(19)11-16/h3-7,9,11,13H,8,10,12H2,1-2H3,(H3,20,22,23). The van der Waals surface area contributed by atoms with E-state index in [2.05, 4.69) is 29.1 Å². The molecule has 1 heterocycles. The van der Waals surface area contributed by atoms with E-state index in [9.17, 15) is 4.39 Å². The van der Waals surface area contributed by atoms with Crippen LogP contribution in [-0.2, 0) is 6.54 Å². The van der Waals surface area contributed by atoms with Crippen LogP contribution in [0.1, 0.15) is 25.8 Å². The van der Waals surface area contributed by atoms with E-state index in [0.717, 1.165) is 18.5 Å². The van der Waals surface area contributed by atoms with E-state index in [4.69, 9.17) is 10.5 Å². The van der Waals surface area contributed by atoms with Gasteiger partial charge in [0.15, 0.2) is 5.96 Å². The molecule has 0 aliphatic carbocycles. The van der Waals surface area contributed by atoms with Crippen molar-refractivity contribution in [1.82, 2.24) is 10.3 Å². The minimum Gasteiger partial charge on any atom is -0.439 e. The zero-order valence-electron chi connectivity index (χ0n) is 14.0. The molecular weight excluding hydrogens is 307 g/mol. The van der Waals surface area contributed by atoms with Crippen molar-refractivity contribution in [3.8, 4) is 11.6 Å².